The van der Waals surface area contributed by atoms with Gasteiger partial charge in [0, 0.05) is 30.0 Å². The third-order valence-corrected chi connectivity index (χ3v) is 5.68. The van der Waals surface area contributed by atoms with Crippen molar-refractivity contribution in [3.05, 3.63) is 41.0 Å². The summed E-state index contributed by atoms with van der Waals surface area (Å²) in [6, 6.07) is 7.80. The van der Waals surface area contributed by atoms with Crippen molar-refractivity contribution < 1.29 is 19.7 Å². The van der Waals surface area contributed by atoms with Crippen LogP contribution in [0.3, 0.4) is 0 Å². The number of benzene rings is 2. The van der Waals surface area contributed by atoms with Crippen LogP contribution in [0.1, 0.15) is 22.7 Å². The molecule has 1 unspecified atom stereocenters. The lowest BCUT2D eigenvalue weighted by molar-refractivity contribution is 0.251. The molecule has 2 heterocycles. The van der Waals surface area contributed by atoms with Gasteiger partial charge in [-0.05, 0) is 23.8 Å². The molecule has 5 heteroatoms. The van der Waals surface area contributed by atoms with Crippen molar-refractivity contribution in [2.24, 2.45) is 0 Å². The van der Waals surface area contributed by atoms with Crippen LogP contribution in [0.5, 0.6) is 23.0 Å². The van der Waals surface area contributed by atoms with E-state index in [-0.39, 0.29) is 17.5 Å². The third-order valence-electron chi connectivity index (χ3n) is 5.68. The molecule has 0 bridgehead atoms. The average Bonchev–Trinajstić information content (AvgIpc) is 2.85. The highest BCUT2D eigenvalue weighted by Crippen LogP contribution is 2.52. The van der Waals surface area contributed by atoms with Gasteiger partial charge in [-0.2, -0.15) is 0 Å². The summed E-state index contributed by atoms with van der Waals surface area (Å²) in [7, 11) is 5.37. The van der Waals surface area contributed by atoms with E-state index >= 15 is 0 Å². The summed E-state index contributed by atoms with van der Waals surface area (Å²) in [4.78, 5) is 0. The monoisotopic (exact) mass is 328 g/mol. The number of hydrogen-bond donors (Lipinski definition) is 2. The number of ether oxygens (including phenoxy) is 2. The Hall–Kier alpha value is -2.40. The molecule has 126 valence electrons. The molecule has 2 aliphatic rings. The maximum absolute atomic E-state index is 10.2. The number of hydrogen-bond acceptors (Lipinski definition) is 4. The van der Waals surface area contributed by atoms with Crippen molar-refractivity contribution in [2.75, 3.05) is 27.8 Å². The average molecular weight is 328 g/mol. The van der Waals surface area contributed by atoms with Gasteiger partial charge in [-0.1, -0.05) is 0 Å². The smallest absolute Gasteiger partial charge is 0.166 e. The van der Waals surface area contributed by atoms with E-state index in [1.165, 1.54) is 11.3 Å². The molecule has 0 amide bonds. The Morgan fingerprint density at radius 1 is 0.958 bits per heavy atom. The lowest BCUT2D eigenvalue weighted by atomic mass is 9.90. The molecule has 0 radical (unpaired) electrons. The van der Waals surface area contributed by atoms with Gasteiger partial charge < -0.3 is 19.7 Å². The number of phenols is 2. The molecule has 0 aromatic heterocycles. The van der Waals surface area contributed by atoms with E-state index in [4.69, 9.17) is 9.47 Å². The molecular formula is C19H22NO4+. The molecule has 2 atom stereocenters. The first-order valence-corrected chi connectivity index (χ1v) is 8.13. The highest BCUT2D eigenvalue weighted by Gasteiger charge is 2.48. The molecule has 0 spiro atoms. The van der Waals surface area contributed by atoms with Gasteiger partial charge >= 0.3 is 0 Å². The molecule has 4 rings (SSSR count). The van der Waals surface area contributed by atoms with Crippen LogP contribution in [0, 0.1) is 0 Å². The van der Waals surface area contributed by atoms with Crippen molar-refractivity contribution in [1.82, 2.24) is 4.48 Å². The fourth-order valence-corrected chi connectivity index (χ4v) is 4.34. The summed E-state index contributed by atoms with van der Waals surface area (Å²) in [6.45, 7) is 0.965. The van der Waals surface area contributed by atoms with Gasteiger partial charge in [-0.3, -0.25) is 4.48 Å². The maximum atomic E-state index is 10.2. The minimum atomic E-state index is 0.181. The predicted octanol–water partition coefficient (Wildman–Crippen LogP) is 2.91. The van der Waals surface area contributed by atoms with Crippen LogP contribution >= 0.6 is 0 Å². The summed E-state index contributed by atoms with van der Waals surface area (Å²) in [5, 5.41) is 20.3. The van der Waals surface area contributed by atoms with Crippen LogP contribution in [-0.4, -0.2) is 38.0 Å². The van der Waals surface area contributed by atoms with Gasteiger partial charge in [0.2, 0.25) is 0 Å². The van der Waals surface area contributed by atoms with Crippen molar-refractivity contribution in [3.8, 4) is 23.0 Å². The van der Waals surface area contributed by atoms with Crippen molar-refractivity contribution in [3.63, 3.8) is 0 Å². The molecule has 5 nitrogen and oxygen atoms in total. The summed E-state index contributed by atoms with van der Waals surface area (Å²) in [6.07, 6.45) is 1.75. The van der Waals surface area contributed by atoms with E-state index in [1.54, 1.807) is 14.2 Å². The minimum absolute atomic E-state index is 0.181. The van der Waals surface area contributed by atoms with Crippen LogP contribution in [0.25, 0.3) is 0 Å². The van der Waals surface area contributed by atoms with Crippen molar-refractivity contribution in [1.29, 1.82) is 0 Å². The van der Waals surface area contributed by atoms with E-state index in [0.29, 0.717) is 11.5 Å². The first-order chi connectivity index (χ1) is 11.5. The summed E-state index contributed by atoms with van der Waals surface area (Å²) >= 11 is 0. The Morgan fingerprint density at radius 2 is 1.62 bits per heavy atom. The van der Waals surface area contributed by atoms with Gasteiger partial charge in [-0.25, -0.2) is 0 Å². The summed E-state index contributed by atoms with van der Waals surface area (Å²) in [5.41, 5.74) is 4.73. The Labute approximate surface area is 141 Å². The fraction of sp³-hybridized carbons (Fsp3) is 0.368. The molecular weight excluding hydrogens is 306 g/mol. The molecule has 2 aliphatic heterocycles. The number of aromatic hydroxyl groups is 2. The number of rotatable bonds is 2. The number of nitrogens with zero attached hydrogens (tertiary/aromatic N) is 1. The molecule has 2 aromatic rings. The summed E-state index contributed by atoms with van der Waals surface area (Å²) < 4.78 is 11.3. The highest BCUT2D eigenvalue weighted by molar-refractivity contribution is 5.65. The maximum Gasteiger partial charge on any atom is 0.166 e. The van der Waals surface area contributed by atoms with Crippen molar-refractivity contribution in [2.45, 2.75) is 18.9 Å². The zero-order valence-electron chi connectivity index (χ0n) is 14.2. The summed E-state index contributed by atoms with van der Waals surface area (Å²) in [5.74, 6) is 1.40. The number of phenolic OH excluding ortho intramolecular Hbond substituents is 2. The van der Waals surface area contributed by atoms with Crippen LogP contribution in [0.4, 0.5) is 5.69 Å². The lowest BCUT2D eigenvalue weighted by Gasteiger charge is -2.41. The predicted molar refractivity (Wildman–Crippen MR) is 92.1 cm³/mol. The van der Waals surface area contributed by atoms with E-state index in [1.807, 2.05) is 24.3 Å². The van der Waals surface area contributed by atoms with Crippen LogP contribution < -0.4 is 14.0 Å². The Bertz CT molecular complexity index is 833. The standard InChI is InChI=1S/C19H21NO4/c1-20-5-4-11-8-18(23-2)17(22)9-13(11)15(20)6-12-7-16(21)19(24-3)10-14(12)20/h7-10,15H,4-6H2,1-3H3,(H-,21,22)/p+1/t15-,20?/m1/s1. The van der Waals surface area contributed by atoms with Gasteiger partial charge in [0.15, 0.2) is 23.0 Å². The first-order valence-electron chi connectivity index (χ1n) is 8.13. The lowest BCUT2D eigenvalue weighted by Crippen LogP contribution is -2.50. The second-order valence-electron chi connectivity index (χ2n) is 6.84. The van der Waals surface area contributed by atoms with Crippen molar-refractivity contribution >= 4 is 5.69 Å². The zero-order valence-corrected chi connectivity index (χ0v) is 14.2. The number of methoxy groups -OCH3 is 2. The first kappa shape index (κ1) is 15.1. The molecule has 24 heavy (non-hydrogen) atoms. The number of fused-ring (bicyclic) bond motifs is 5. The topological polar surface area (TPSA) is 58.9 Å². The van der Waals surface area contributed by atoms with Gasteiger partial charge in [0.05, 0.1) is 27.8 Å². The Balaban J connectivity index is 1.85. The molecule has 0 saturated carbocycles. The van der Waals surface area contributed by atoms with E-state index in [2.05, 4.69) is 7.05 Å². The molecule has 2 N–H and O–H groups in total. The third kappa shape index (κ3) is 1.91. The molecule has 2 aromatic carbocycles. The van der Waals surface area contributed by atoms with Gasteiger partial charge in [0.25, 0.3) is 0 Å². The second-order valence-corrected chi connectivity index (χ2v) is 6.84. The number of quaternary nitrogens is 1. The Morgan fingerprint density at radius 3 is 2.33 bits per heavy atom. The molecule has 0 fully saturated rings. The second kappa shape index (κ2) is 5.05. The quantitative estimate of drug-likeness (QED) is 0.832. The SMILES string of the molecule is COc1cc2c(cc1O)[C@H]1Cc3cc(O)c(OC)cc3[N+]1(C)CC2. The van der Waals surface area contributed by atoms with Gasteiger partial charge in [0.1, 0.15) is 11.7 Å². The molecule has 0 saturated heterocycles. The fourth-order valence-electron chi connectivity index (χ4n) is 4.34. The molecule has 0 aliphatic carbocycles. The highest BCUT2D eigenvalue weighted by atomic mass is 16.5. The van der Waals surface area contributed by atoms with Gasteiger partial charge in [-0.15, -0.1) is 0 Å². The number of likely N-dealkylation sites (N-methyl/N-ethyl adjacent to an activating group) is 1. The van der Waals surface area contributed by atoms with E-state index < -0.39 is 0 Å². The van der Waals surface area contributed by atoms with E-state index in [0.717, 1.165) is 35.0 Å². The zero-order chi connectivity index (χ0) is 17.1. The normalized spacial score (nSPS) is 24.0. The van der Waals surface area contributed by atoms with Crippen LogP contribution in [0.2, 0.25) is 0 Å². The Kier molecular flexibility index (Phi) is 3.18. The minimum Gasteiger partial charge on any atom is -0.504 e. The van der Waals surface area contributed by atoms with Crippen LogP contribution in [0.15, 0.2) is 24.3 Å². The largest absolute Gasteiger partial charge is 0.504 e. The van der Waals surface area contributed by atoms with E-state index in [9.17, 15) is 10.2 Å². The van der Waals surface area contributed by atoms with Crippen LogP contribution in [-0.2, 0) is 12.8 Å².